The van der Waals surface area contributed by atoms with Crippen molar-refractivity contribution >= 4 is 34.2 Å². The van der Waals surface area contributed by atoms with Crippen LogP contribution in [0.2, 0.25) is 5.02 Å². The predicted octanol–water partition coefficient (Wildman–Crippen LogP) is 3.39. The van der Waals surface area contributed by atoms with Crippen LogP contribution >= 0.6 is 11.6 Å². The molecule has 96 valence electrons. The van der Waals surface area contributed by atoms with Gasteiger partial charge in [0, 0.05) is 5.39 Å². The fourth-order valence-corrected chi connectivity index (χ4v) is 1.76. The van der Waals surface area contributed by atoms with Gasteiger partial charge in [-0.1, -0.05) is 11.6 Å². The van der Waals surface area contributed by atoms with E-state index in [9.17, 15) is 18.0 Å². The molecule has 0 saturated carbocycles. The first kappa shape index (κ1) is 12.6. The standard InChI is InChI=1S/C10H5ClF3NO3/c11-5-2-3(10(12,13)14)1-4-6(15)8(9(16)17)18-7(4)5/h1-2H,15H2,(H,16,17). The molecule has 0 atom stereocenters. The zero-order valence-corrected chi connectivity index (χ0v) is 9.26. The molecule has 0 fully saturated rings. The van der Waals surface area contributed by atoms with E-state index in [1.807, 2.05) is 0 Å². The molecule has 0 aliphatic rings. The Morgan fingerprint density at radius 3 is 2.50 bits per heavy atom. The highest BCUT2D eigenvalue weighted by molar-refractivity contribution is 6.35. The second-order valence-corrected chi connectivity index (χ2v) is 3.89. The summed E-state index contributed by atoms with van der Waals surface area (Å²) in [4.78, 5) is 10.7. The van der Waals surface area contributed by atoms with Gasteiger partial charge in [0.05, 0.1) is 16.3 Å². The van der Waals surface area contributed by atoms with Crippen LogP contribution in [-0.4, -0.2) is 11.1 Å². The quantitative estimate of drug-likeness (QED) is 0.839. The van der Waals surface area contributed by atoms with Gasteiger partial charge in [0.25, 0.3) is 0 Å². The van der Waals surface area contributed by atoms with Gasteiger partial charge in [0.2, 0.25) is 5.76 Å². The van der Waals surface area contributed by atoms with E-state index in [-0.39, 0.29) is 21.7 Å². The molecule has 8 heteroatoms. The van der Waals surface area contributed by atoms with Crippen LogP contribution in [0.15, 0.2) is 16.5 Å². The third-order valence-electron chi connectivity index (χ3n) is 2.30. The third kappa shape index (κ3) is 1.86. The zero-order chi connectivity index (χ0) is 13.7. The maximum Gasteiger partial charge on any atom is 0.416 e. The van der Waals surface area contributed by atoms with Crippen LogP contribution < -0.4 is 5.73 Å². The van der Waals surface area contributed by atoms with Crippen LogP contribution in [0.4, 0.5) is 18.9 Å². The lowest BCUT2D eigenvalue weighted by molar-refractivity contribution is -0.137. The lowest BCUT2D eigenvalue weighted by Gasteiger charge is -2.06. The van der Waals surface area contributed by atoms with E-state index in [2.05, 4.69) is 0 Å². The average Bonchev–Trinajstić information content (AvgIpc) is 2.56. The van der Waals surface area contributed by atoms with Crippen molar-refractivity contribution in [1.82, 2.24) is 0 Å². The fourth-order valence-electron chi connectivity index (χ4n) is 1.50. The first-order chi connectivity index (χ1) is 8.21. The van der Waals surface area contributed by atoms with Gasteiger partial charge < -0.3 is 15.3 Å². The number of carbonyl (C=O) groups is 1. The summed E-state index contributed by atoms with van der Waals surface area (Å²) in [5, 5.41) is 8.23. The van der Waals surface area contributed by atoms with Crippen molar-refractivity contribution in [2.75, 3.05) is 5.73 Å². The number of nitrogens with two attached hydrogens (primary N) is 1. The van der Waals surface area contributed by atoms with Gasteiger partial charge in [-0.15, -0.1) is 0 Å². The zero-order valence-electron chi connectivity index (χ0n) is 8.51. The normalized spacial score (nSPS) is 12.0. The maximum atomic E-state index is 12.5. The van der Waals surface area contributed by atoms with Crippen LogP contribution in [0.3, 0.4) is 0 Å². The van der Waals surface area contributed by atoms with Gasteiger partial charge in [-0.25, -0.2) is 4.79 Å². The summed E-state index contributed by atoms with van der Waals surface area (Å²) in [5.41, 5.74) is 3.83. The number of benzene rings is 1. The highest BCUT2D eigenvalue weighted by atomic mass is 35.5. The minimum atomic E-state index is -4.61. The number of nitrogen functional groups attached to an aromatic ring is 1. The molecule has 0 spiro atoms. The summed E-state index contributed by atoms with van der Waals surface area (Å²) in [6.45, 7) is 0. The van der Waals surface area contributed by atoms with Crippen molar-refractivity contribution in [2.45, 2.75) is 6.18 Å². The number of rotatable bonds is 1. The van der Waals surface area contributed by atoms with Crippen molar-refractivity contribution in [3.05, 3.63) is 28.5 Å². The van der Waals surface area contributed by atoms with Crippen LogP contribution in [0.5, 0.6) is 0 Å². The van der Waals surface area contributed by atoms with E-state index >= 15 is 0 Å². The highest BCUT2D eigenvalue weighted by Crippen LogP contribution is 2.39. The van der Waals surface area contributed by atoms with Crippen molar-refractivity contribution < 1.29 is 27.5 Å². The van der Waals surface area contributed by atoms with Gasteiger partial charge in [-0.2, -0.15) is 13.2 Å². The largest absolute Gasteiger partial charge is 0.475 e. The van der Waals surface area contributed by atoms with Crippen LogP contribution in [0, 0.1) is 0 Å². The van der Waals surface area contributed by atoms with Gasteiger partial charge >= 0.3 is 12.1 Å². The number of carboxylic acids is 1. The molecule has 0 saturated heterocycles. The fraction of sp³-hybridized carbons (Fsp3) is 0.100. The Morgan fingerprint density at radius 1 is 1.39 bits per heavy atom. The lowest BCUT2D eigenvalue weighted by Crippen LogP contribution is -2.04. The Morgan fingerprint density at radius 2 is 2.00 bits per heavy atom. The molecule has 0 radical (unpaired) electrons. The first-order valence-corrected chi connectivity index (χ1v) is 4.91. The van der Waals surface area contributed by atoms with Crippen molar-refractivity contribution in [3.63, 3.8) is 0 Å². The van der Waals surface area contributed by atoms with E-state index in [0.29, 0.717) is 12.1 Å². The first-order valence-electron chi connectivity index (χ1n) is 4.54. The molecule has 1 heterocycles. The van der Waals surface area contributed by atoms with E-state index in [1.165, 1.54) is 0 Å². The molecule has 0 aliphatic heterocycles. The molecule has 0 amide bonds. The molecular formula is C10H5ClF3NO3. The molecule has 1 aromatic heterocycles. The molecule has 18 heavy (non-hydrogen) atoms. The van der Waals surface area contributed by atoms with E-state index in [1.54, 1.807) is 0 Å². The minimum Gasteiger partial charge on any atom is -0.475 e. The highest BCUT2D eigenvalue weighted by Gasteiger charge is 2.32. The smallest absolute Gasteiger partial charge is 0.416 e. The molecule has 2 rings (SSSR count). The molecule has 0 aliphatic carbocycles. The van der Waals surface area contributed by atoms with E-state index < -0.39 is 23.5 Å². The predicted molar refractivity (Wildman–Crippen MR) is 57.6 cm³/mol. The Balaban J connectivity index is 2.80. The van der Waals surface area contributed by atoms with Gasteiger partial charge in [-0.05, 0) is 12.1 Å². The molecule has 1 aromatic carbocycles. The summed E-state index contributed by atoms with van der Waals surface area (Å²) in [6.07, 6.45) is -4.61. The summed E-state index contributed by atoms with van der Waals surface area (Å²) < 4.78 is 42.5. The maximum absolute atomic E-state index is 12.5. The minimum absolute atomic E-state index is 0.174. The molecule has 3 N–H and O–H groups in total. The third-order valence-corrected chi connectivity index (χ3v) is 2.58. The van der Waals surface area contributed by atoms with Crippen molar-refractivity contribution in [2.24, 2.45) is 0 Å². The summed E-state index contributed by atoms with van der Waals surface area (Å²) in [6, 6.07) is 1.35. The van der Waals surface area contributed by atoms with E-state index in [4.69, 9.17) is 26.9 Å². The summed E-state index contributed by atoms with van der Waals surface area (Å²) in [5.74, 6) is -2.11. The van der Waals surface area contributed by atoms with E-state index in [0.717, 1.165) is 0 Å². The molecular weight excluding hydrogens is 275 g/mol. The second-order valence-electron chi connectivity index (χ2n) is 3.48. The number of fused-ring (bicyclic) bond motifs is 1. The van der Waals surface area contributed by atoms with Crippen LogP contribution in [-0.2, 0) is 6.18 Å². The number of alkyl halides is 3. The Hall–Kier alpha value is -1.89. The molecule has 4 nitrogen and oxygen atoms in total. The number of aromatic carboxylic acids is 1. The molecule has 2 aromatic rings. The van der Waals surface area contributed by atoms with Gasteiger partial charge in [0.15, 0.2) is 5.58 Å². The van der Waals surface area contributed by atoms with Gasteiger partial charge in [0.1, 0.15) is 0 Å². The Bertz CT molecular complexity index is 648. The Labute approximate surface area is 103 Å². The Kier molecular flexibility index (Phi) is 2.66. The summed E-state index contributed by atoms with van der Waals surface area (Å²) in [7, 11) is 0. The van der Waals surface area contributed by atoms with Crippen LogP contribution in [0.25, 0.3) is 11.0 Å². The number of anilines is 1. The molecule has 0 bridgehead atoms. The van der Waals surface area contributed by atoms with Crippen molar-refractivity contribution in [1.29, 1.82) is 0 Å². The lowest BCUT2D eigenvalue weighted by atomic mass is 10.1. The number of hydrogen-bond acceptors (Lipinski definition) is 3. The second kappa shape index (κ2) is 3.81. The monoisotopic (exact) mass is 279 g/mol. The SMILES string of the molecule is Nc1c(C(=O)O)oc2c(Cl)cc(C(F)(F)F)cc12. The summed E-state index contributed by atoms with van der Waals surface area (Å²) >= 11 is 5.62. The van der Waals surface area contributed by atoms with Gasteiger partial charge in [-0.3, -0.25) is 0 Å². The van der Waals surface area contributed by atoms with Crippen LogP contribution in [0.1, 0.15) is 16.1 Å². The average molecular weight is 280 g/mol. The molecule has 0 unspecified atom stereocenters. The number of hydrogen-bond donors (Lipinski definition) is 2. The topological polar surface area (TPSA) is 76.5 Å². The number of carboxylic acid groups (broad SMARTS) is 1. The number of furan rings is 1. The van der Waals surface area contributed by atoms with Crippen molar-refractivity contribution in [3.8, 4) is 0 Å². The number of halogens is 4.